The Morgan fingerprint density at radius 2 is 1.62 bits per heavy atom. The molecule has 2 aliphatic heterocycles. The molecule has 8 heteroatoms. The number of carbonyl (C=O) groups is 3. The van der Waals surface area contributed by atoms with Gasteiger partial charge in [-0.1, -0.05) is 0 Å². The van der Waals surface area contributed by atoms with Crippen LogP contribution in [0.15, 0.2) is 24.3 Å². The Labute approximate surface area is 150 Å². The normalized spacial score (nSPS) is 39.7. The first-order chi connectivity index (χ1) is 12.1. The molecule has 6 unspecified atom stereocenters. The minimum Gasteiger partial charge on any atom is -0.399 e. The smallest absolute Gasteiger partial charge is 0.241 e. The number of imide groups is 1. The van der Waals surface area contributed by atoms with Crippen LogP contribution in [0, 0.1) is 22.7 Å². The summed E-state index contributed by atoms with van der Waals surface area (Å²) in [7, 11) is 0. The van der Waals surface area contributed by atoms with E-state index in [4.69, 9.17) is 11.5 Å². The van der Waals surface area contributed by atoms with Crippen molar-refractivity contribution in [2.75, 3.05) is 10.6 Å². The van der Waals surface area contributed by atoms with Crippen molar-refractivity contribution in [2.24, 2.45) is 28.4 Å². The van der Waals surface area contributed by atoms with Gasteiger partial charge < -0.3 is 21.5 Å². The van der Waals surface area contributed by atoms with Crippen LogP contribution in [-0.4, -0.2) is 40.1 Å². The molecular formula is C18H22N4O4. The zero-order valence-corrected chi connectivity index (χ0v) is 14.8. The van der Waals surface area contributed by atoms with Gasteiger partial charge in [-0.15, -0.1) is 0 Å². The van der Waals surface area contributed by atoms with E-state index in [0.29, 0.717) is 11.4 Å². The zero-order valence-electron chi connectivity index (χ0n) is 14.8. The van der Waals surface area contributed by atoms with Crippen LogP contribution >= 0.6 is 0 Å². The van der Waals surface area contributed by atoms with Gasteiger partial charge in [0, 0.05) is 11.6 Å². The van der Waals surface area contributed by atoms with E-state index < -0.39 is 46.9 Å². The molecule has 2 heterocycles. The van der Waals surface area contributed by atoms with Crippen molar-refractivity contribution in [2.45, 2.75) is 33.2 Å². The molecule has 0 aromatic heterocycles. The number of carbonyl (C=O) groups excluding carboxylic acids is 3. The predicted octanol–water partition coefficient (Wildman–Crippen LogP) is -0.134. The first-order valence-corrected chi connectivity index (χ1v) is 8.58. The summed E-state index contributed by atoms with van der Waals surface area (Å²) in [5, 5.41) is 10.7. The first-order valence-electron chi connectivity index (χ1n) is 8.58. The predicted molar refractivity (Wildman–Crippen MR) is 93.0 cm³/mol. The molecule has 5 N–H and O–H groups in total. The second-order valence-electron chi connectivity index (χ2n) is 7.91. The van der Waals surface area contributed by atoms with E-state index in [2.05, 4.69) is 0 Å². The molecule has 0 spiro atoms. The highest BCUT2D eigenvalue weighted by molar-refractivity contribution is 6.27. The minimum atomic E-state index is -1.20. The van der Waals surface area contributed by atoms with Crippen LogP contribution in [0.5, 0.6) is 0 Å². The topological polar surface area (TPSA) is 130 Å². The first kappa shape index (κ1) is 17.0. The summed E-state index contributed by atoms with van der Waals surface area (Å²) in [5.41, 5.74) is 10.2. The maximum Gasteiger partial charge on any atom is 0.241 e. The standard InChI is InChI=1S/C18H22N4O4/c1-8(19)21-13(23)11-17(2,15(21)25)12-14(24)22(16(26)18(11,12)3)10-6-4-9(20)5-7-10/h4-8,11-13,23H,19-20H2,1-3H3. The summed E-state index contributed by atoms with van der Waals surface area (Å²) >= 11 is 0. The third-order valence-corrected chi connectivity index (χ3v) is 6.49. The highest BCUT2D eigenvalue weighted by Gasteiger charge is 2.85. The highest BCUT2D eigenvalue weighted by atomic mass is 16.3. The zero-order chi connectivity index (χ0) is 19.2. The number of aliphatic hydroxyl groups is 1. The van der Waals surface area contributed by atoms with E-state index in [1.165, 1.54) is 4.90 Å². The van der Waals surface area contributed by atoms with E-state index in [0.717, 1.165) is 4.90 Å². The second kappa shape index (κ2) is 4.83. The number of rotatable bonds is 2. The van der Waals surface area contributed by atoms with Crippen LogP contribution in [0.2, 0.25) is 0 Å². The van der Waals surface area contributed by atoms with Crippen molar-refractivity contribution in [3.8, 4) is 0 Å². The summed E-state index contributed by atoms with van der Waals surface area (Å²) in [6.07, 6.45) is -1.90. The Hall–Kier alpha value is -2.45. The number of anilines is 2. The molecule has 3 aliphatic rings. The van der Waals surface area contributed by atoms with Crippen LogP contribution in [0.25, 0.3) is 0 Å². The quantitative estimate of drug-likeness (QED) is 0.499. The van der Waals surface area contributed by atoms with Crippen molar-refractivity contribution < 1.29 is 19.5 Å². The number of hydrogen-bond donors (Lipinski definition) is 3. The number of amides is 3. The van der Waals surface area contributed by atoms with E-state index >= 15 is 0 Å². The lowest BCUT2D eigenvalue weighted by molar-refractivity contribution is -0.188. The summed E-state index contributed by atoms with van der Waals surface area (Å²) in [5.74, 6) is -2.72. The lowest BCUT2D eigenvalue weighted by Gasteiger charge is -2.55. The van der Waals surface area contributed by atoms with Gasteiger partial charge in [0.2, 0.25) is 17.7 Å². The Morgan fingerprint density at radius 3 is 2.15 bits per heavy atom. The molecule has 0 bridgehead atoms. The Bertz CT molecular complexity index is 838. The van der Waals surface area contributed by atoms with Crippen LogP contribution < -0.4 is 16.4 Å². The minimum absolute atomic E-state index is 0.382. The lowest BCUT2D eigenvalue weighted by Crippen LogP contribution is -2.65. The molecule has 6 atom stereocenters. The van der Waals surface area contributed by atoms with Crippen LogP contribution in [0.3, 0.4) is 0 Å². The number of benzene rings is 1. The van der Waals surface area contributed by atoms with Gasteiger partial charge >= 0.3 is 0 Å². The highest BCUT2D eigenvalue weighted by Crippen LogP contribution is 2.72. The van der Waals surface area contributed by atoms with E-state index in [1.807, 2.05) is 0 Å². The largest absolute Gasteiger partial charge is 0.399 e. The molecule has 3 fully saturated rings. The Balaban J connectivity index is 1.80. The number of likely N-dealkylation sites (tertiary alicyclic amines) is 1. The summed E-state index contributed by atoms with van der Waals surface area (Å²) in [6.45, 7) is 4.90. The molecule has 1 aromatic carbocycles. The van der Waals surface area contributed by atoms with Gasteiger partial charge in [0.15, 0.2) is 0 Å². The molecule has 138 valence electrons. The van der Waals surface area contributed by atoms with Crippen molar-refractivity contribution in [3.63, 3.8) is 0 Å². The monoisotopic (exact) mass is 358 g/mol. The van der Waals surface area contributed by atoms with Crippen LogP contribution in [-0.2, 0) is 14.4 Å². The van der Waals surface area contributed by atoms with E-state index in [9.17, 15) is 19.5 Å². The number of nitrogens with zero attached hydrogens (tertiary/aromatic N) is 2. The average Bonchev–Trinajstić information content (AvgIpc) is 2.83. The third-order valence-electron chi connectivity index (χ3n) is 6.49. The average molecular weight is 358 g/mol. The molecule has 1 aliphatic carbocycles. The third kappa shape index (κ3) is 1.59. The summed E-state index contributed by atoms with van der Waals surface area (Å²) < 4.78 is 0. The molecule has 1 aromatic rings. The molecule has 8 nitrogen and oxygen atoms in total. The number of nitrogen functional groups attached to an aromatic ring is 1. The fourth-order valence-electron chi connectivity index (χ4n) is 5.48. The fourth-order valence-corrected chi connectivity index (χ4v) is 5.48. The maximum atomic E-state index is 13.2. The molecule has 4 rings (SSSR count). The van der Waals surface area contributed by atoms with E-state index in [-0.39, 0.29) is 5.91 Å². The van der Waals surface area contributed by atoms with Gasteiger partial charge in [-0.25, -0.2) is 4.90 Å². The molecular weight excluding hydrogens is 336 g/mol. The SMILES string of the molecule is CC(N)N1C(=O)C2(C)C3C(=O)N(c4ccc(N)cc4)C(=O)C3(C)C2C1O. The van der Waals surface area contributed by atoms with Gasteiger partial charge in [0.25, 0.3) is 0 Å². The van der Waals surface area contributed by atoms with Crippen molar-refractivity contribution in [1.82, 2.24) is 4.90 Å². The molecule has 1 saturated carbocycles. The maximum absolute atomic E-state index is 13.2. The molecule has 0 radical (unpaired) electrons. The van der Waals surface area contributed by atoms with Gasteiger partial charge in [0.05, 0.1) is 28.6 Å². The van der Waals surface area contributed by atoms with Gasteiger partial charge in [0.1, 0.15) is 6.23 Å². The molecule has 26 heavy (non-hydrogen) atoms. The Morgan fingerprint density at radius 1 is 1.08 bits per heavy atom. The van der Waals surface area contributed by atoms with Crippen LogP contribution in [0.4, 0.5) is 11.4 Å². The van der Waals surface area contributed by atoms with E-state index in [1.54, 1.807) is 45.0 Å². The van der Waals surface area contributed by atoms with Crippen LogP contribution in [0.1, 0.15) is 20.8 Å². The second-order valence-corrected chi connectivity index (χ2v) is 7.91. The van der Waals surface area contributed by atoms with Gasteiger partial charge in [-0.2, -0.15) is 0 Å². The fraction of sp³-hybridized carbons (Fsp3) is 0.500. The van der Waals surface area contributed by atoms with Crippen molar-refractivity contribution in [1.29, 1.82) is 0 Å². The number of fused-ring (bicyclic) bond motifs is 4. The van der Waals surface area contributed by atoms with Gasteiger partial charge in [-0.3, -0.25) is 14.4 Å². The van der Waals surface area contributed by atoms with Gasteiger partial charge in [-0.05, 0) is 45.0 Å². The van der Waals surface area contributed by atoms with Crippen molar-refractivity contribution in [3.05, 3.63) is 24.3 Å². The summed E-state index contributed by atoms with van der Waals surface area (Å²) in [6, 6.07) is 6.42. The molecule has 2 saturated heterocycles. The number of hydrogen-bond acceptors (Lipinski definition) is 6. The van der Waals surface area contributed by atoms with Crippen molar-refractivity contribution >= 4 is 29.1 Å². The number of nitrogens with two attached hydrogens (primary N) is 2. The Kier molecular flexibility index (Phi) is 3.16. The lowest BCUT2D eigenvalue weighted by atomic mass is 9.41. The molecule has 3 amide bonds. The number of aliphatic hydroxyl groups excluding tert-OH is 1. The summed E-state index contributed by atoms with van der Waals surface area (Å²) in [4.78, 5) is 41.6.